The molecule has 5 heteroatoms. The molecule has 0 bridgehead atoms. The minimum absolute atomic E-state index is 0.429. The van der Waals surface area contributed by atoms with Gasteiger partial charge in [-0.25, -0.2) is 0 Å². The van der Waals surface area contributed by atoms with Crippen LogP contribution in [0.1, 0.15) is 5.56 Å². The van der Waals surface area contributed by atoms with E-state index in [1.807, 2.05) is 42.5 Å². The van der Waals surface area contributed by atoms with Crippen LogP contribution in [0.3, 0.4) is 0 Å². The van der Waals surface area contributed by atoms with E-state index in [4.69, 9.17) is 5.26 Å². The van der Waals surface area contributed by atoms with Gasteiger partial charge < -0.3 is 14.9 Å². The Morgan fingerprint density at radius 3 is 1.57 bits per heavy atom. The van der Waals surface area contributed by atoms with Crippen LogP contribution >= 0.6 is 0 Å². The van der Waals surface area contributed by atoms with Gasteiger partial charge in [0.2, 0.25) is 0 Å². The van der Waals surface area contributed by atoms with Gasteiger partial charge in [-0.05, 0) is 65.1 Å². The minimum Gasteiger partial charge on any atom is -0.423 e. The third-order valence-corrected chi connectivity index (χ3v) is 4.94. The van der Waals surface area contributed by atoms with E-state index >= 15 is 0 Å². The minimum atomic E-state index is -1.51. The summed E-state index contributed by atoms with van der Waals surface area (Å²) in [4.78, 5) is 2.06. The molecule has 0 unspecified atom stereocenters. The van der Waals surface area contributed by atoms with Crippen LogP contribution in [-0.2, 0) is 0 Å². The van der Waals surface area contributed by atoms with E-state index in [-0.39, 0.29) is 0 Å². The number of benzene rings is 4. The average molecular weight is 390 g/mol. The van der Waals surface area contributed by atoms with E-state index in [1.165, 1.54) is 0 Å². The molecule has 4 nitrogen and oxygen atoms in total. The molecule has 0 radical (unpaired) electrons. The zero-order valence-corrected chi connectivity index (χ0v) is 16.2. The molecular formula is C25H19BN2O2. The molecule has 0 aliphatic rings. The largest absolute Gasteiger partial charge is 0.488 e. The average Bonchev–Trinajstić information content (AvgIpc) is 2.81. The van der Waals surface area contributed by atoms with E-state index < -0.39 is 7.12 Å². The van der Waals surface area contributed by atoms with Gasteiger partial charge in [-0.15, -0.1) is 0 Å². The fourth-order valence-corrected chi connectivity index (χ4v) is 3.36. The van der Waals surface area contributed by atoms with Crippen LogP contribution in [0.5, 0.6) is 0 Å². The van der Waals surface area contributed by atoms with Crippen molar-refractivity contribution in [2.75, 3.05) is 4.90 Å². The second-order valence-electron chi connectivity index (χ2n) is 6.87. The summed E-state index contributed by atoms with van der Waals surface area (Å²) in [7, 11) is -1.51. The summed E-state index contributed by atoms with van der Waals surface area (Å²) in [6, 6.07) is 35.0. The number of nitrogens with zero attached hydrogens (tertiary/aromatic N) is 2. The Hall–Kier alpha value is -3.85. The molecule has 0 spiro atoms. The number of rotatable bonds is 5. The molecule has 0 aliphatic carbocycles. The smallest absolute Gasteiger partial charge is 0.423 e. The van der Waals surface area contributed by atoms with Gasteiger partial charge in [0.25, 0.3) is 0 Å². The number of nitriles is 1. The van der Waals surface area contributed by atoms with Crippen molar-refractivity contribution in [1.29, 1.82) is 5.26 Å². The molecule has 0 aliphatic heterocycles. The van der Waals surface area contributed by atoms with Crippen LogP contribution in [0.15, 0.2) is 103 Å². The lowest BCUT2D eigenvalue weighted by Crippen LogP contribution is -2.29. The van der Waals surface area contributed by atoms with Crippen molar-refractivity contribution in [3.05, 3.63) is 109 Å². The first-order valence-electron chi connectivity index (χ1n) is 9.57. The second kappa shape index (κ2) is 8.67. The third kappa shape index (κ3) is 4.11. The summed E-state index contributed by atoms with van der Waals surface area (Å²) >= 11 is 0. The molecule has 144 valence electrons. The Balaban J connectivity index is 1.75. The van der Waals surface area contributed by atoms with E-state index in [2.05, 4.69) is 47.4 Å². The first kappa shape index (κ1) is 19.5. The van der Waals surface area contributed by atoms with Crippen molar-refractivity contribution in [3.63, 3.8) is 0 Å². The van der Waals surface area contributed by atoms with Gasteiger partial charge >= 0.3 is 7.12 Å². The third-order valence-electron chi connectivity index (χ3n) is 4.94. The lowest BCUT2D eigenvalue weighted by atomic mass is 9.80. The zero-order valence-electron chi connectivity index (χ0n) is 16.2. The first-order valence-corrected chi connectivity index (χ1v) is 9.57. The number of hydrogen-bond donors (Lipinski definition) is 2. The van der Waals surface area contributed by atoms with Crippen LogP contribution in [0, 0.1) is 11.3 Å². The molecule has 4 aromatic rings. The van der Waals surface area contributed by atoms with Crippen LogP contribution < -0.4 is 10.4 Å². The molecule has 0 atom stereocenters. The van der Waals surface area contributed by atoms with Crippen LogP contribution in [0.25, 0.3) is 11.1 Å². The normalized spacial score (nSPS) is 10.3. The van der Waals surface area contributed by atoms with Crippen LogP contribution in [0.2, 0.25) is 0 Å². The standard InChI is InChI=1S/C25H19BN2O2/c27-18-19-6-12-23(13-7-19)28(25-16-10-22(11-17-25)26(29)30)24-14-8-21(9-15-24)20-4-2-1-3-5-20/h1-17,29-30H. The maximum Gasteiger partial charge on any atom is 0.488 e. The molecule has 0 aromatic heterocycles. The van der Waals surface area contributed by atoms with Gasteiger partial charge in [-0.2, -0.15) is 5.26 Å². The van der Waals surface area contributed by atoms with Gasteiger partial charge in [-0.3, -0.25) is 0 Å². The molecule has 2 N–H and O–H groups in total. The Kier molecular flexibility index (Phi) is 5.62. The Morgan fingerprint density at radius 2 is 1.07 bits per heavy atom. The topological polar surface area (TPSA) is 67.5 Å². The summed E-state index contributed by atoms with van der Waals surface area (Å²) in [5, 5.41) is 27.9. The highest BCUT2D eigenvalue weighted by atomic mass is 16.4. The SMILES string of the molecule is N#Cc1ccc(N(c2ccc(B(O)O)cc2)c2ccc(-c3ccccc3)cc2)cc1. The molecule has 0 heterocycles. The lowest BCUT2D eigenvalue weighted by Gasteiger charge is -2.26. The van der Waals surface area contributed by atoms with E-state index in [0.29, 0.717) is 11.0 Å². The van der Waals surface area contributed by atoms with Gasteiger partial charge in [0.05, 0.1) is 11.6 Å². The zero-order chi connectivity index (χ0) is 20.9. The maximum atomic E-state index is 9.40. The van der Waals surface area contributed by atoms with Crippen molar-refractivity contribution in [3.8, 4) is 17.2 Å². The van der Waals surface area contributed by atoms with Gasteiger partial charge in [-0.1, -0.05) is 54.6 Å². The van der Waals surface area contributed by atoms with Gasteiger partial charge in [0.1, 0.15) is 0 Å². The fraction of sp³-hybridized carbons (Fsp3) is 0. The summed E-state index contributed by atoms with van der Waals surface area (Å²) < 4.78 is 0. The summed E-state index contributed by atoms with van der Waals surface area (Å²) in [5.41, 5.74) is 6.02. The summed E-state index contributed by atoms with van der Waals surface area (Å²) in [6.45, 7) is 0. The Bertz CT molecular complexity index is 1150. The van der Waals surface area contributed by atoms with Crippen LogP contribution in [-0.4, -0.2) is 17.2 Å². The number of anilines is 3. The summed E-state index contributed by atoms with van der Waals surface area (Å²) in [5.74, 6) is 0. The Morgan fingerprint density at radius 1 is 0.600 bits per heavy atom. The van der Waals surface area contributed by atoms with Gasteiger partial charge in [0.15, 0.2) is 0 Å². The molecule has 0 fully saturated rings. The molecule has 0 saturated carbocycles. The van der Waals surface area contributed by atoms with Crippen molar-refractivity contribution in [1.82, 2.24) is 0 Å². The highest BCUT2D eigenvalue weighted by Gasteiger charge is 2.15. The van der Waals surface area contributed by atoms with E-state index in [1.54, 1.807) is 24.3 Å². The fourth-order valence-electron chi connectivity index (χ4n) is 3.36. The van der Waals surface area contributed by atoms with Crippen molar-refractivity contribution in [2.24, 2.45) is 0 Å². The number of hydrogen-bond acceptors (Lipinski definition) is 4. The van der Waals surface area contributed by atoms with Crippen LogP contribution in [0.4, 0.5) is 17.1 Å². The Labute approximate surface area is 176 Å². The van der Waals surface area contributed by atoms with Crippen molar-refractivity contribution >= 4 is 29.6 Å². The van der Waals surface area contributed by atoms with Crippen molar-refractivity contribution < 1.29 is 10.0 Å². The van der Waals surface area contributed by atoms with Gasteiger partial charge in [0, 0.05) is 17.1 Å². The second-order valence-corrected chi connectivity index (χ2v) is 6.87. The predicted molar refractivity (Wildman–Crippen MR) is 121 cm³/mol. The molecule has 0 amide bonds. The molecular weight excluding hydrogens is 371 g/mol. The molecule has 0 saturated heterocycles. The first-order chi connectivity index (χ1) is 14.7. The predicted octanol–water partition coefficient (Wildman–Crippen LogP) is 4.37. The van der Waals surface area contributed by atoms with E-state index in [9.17, 15) is 10.0 Å². The van der Waals surface area contributed by atoms with E-state index in [0.717, 1.165) is 28.2 Å². The highest BCUT2D eigenvalue weighted by Crippen LogP contribution is 2.35. The maximum absolute atomic E-state index is 9.40. The molecule has 30 heavy (non-hydrogen) atoms. The molecule has 4 aromatic carbocycles. The quantitative estimate of drug-likeness (QED) is 0.497. The summed E-state index contributed by atoms with van der Waals surface area (Å²) in [6.07, 6.45) is 0. The monoisotopic (exact) mass is 390 g/mol. The lowest BCUT2D eigenvalue weighted by molar-refractivity contribution is 0.426. The van der Waals surface area contributed by atoms with Crippen molar-refractivity contribution in [2.45, 2.75) is 0 Å². The highest BCUT2D eigenvalue weighted by molar-refractivity contribution is 6.58. The molecule has 4 rings (SSSR count).